The van der Waals surface area contributed by atoms with Crippen molar-refractivity contribution >= 4 is 46.7 Å². The van der Waals surface area contributed by atoms with Crippen molar-refractivity contribution in [3.63, 3.8) is 0 Å². The van der Waals surface area contributed by atoms with Crippen LogP contribution < -0.4 is 16.0 Å². The minimum atomic E-state index is -1.07. The fourth-order valence-corrected chi connectivity index (χ4v) is 2.55. The van der Waals surface area contributed by atoms with Crippen LogP contribution in [0.3, 0.4) is 0 Å². The summed E-state index contributed by atoms with van der Waals surface area (Å²) in [5.41, 5.74) is 7.11. The number of halogens is 2. The minimum absolute atomic E-state index is 0.173. The summed E-state index contributed by atoms with van der Waals surface area (Å²) in [5, 5.41) is 18.7. The maximum Gasteiger partial charge on any atom is 0.322 e. The number of carbonyl (C=O) groups is 3. The molecule has 1 amide bonds. The smallest absolute Gasteiger partial charge is 0.322 e. The Hall–Kier alpha value is -2.03. The number of carbonyl (C=O) groups excluding carboxylic acids is 1. The lowest BCUT2D eigenvalue weighted by Gasteiger charge is -2.23. The normalized spacial score (nSPS) is 9.82. The van der Waals surface area contributed by atoms with Crippen molar-refractivity contribution in [2.75, 3.05) is 42.8 Å². The molecular weight excluding hydrogens is 409 g/mol. The van der Waals surface area contributed by atoms with Gasteiger partial charge in [-0.15, -0.1) is 23.2 Å². The van der Waals surface area contributed by atoms with E-state index in [9.17, 15) is 14.4 Å². The Morgan fingerprint density at radius 1 is 1.00 bits per heavy atom. The second-order valence-corrected chi connectivity index (χ2v) is 6.41. The lowest BCUT2D eigenvalue weighted by Crippen LogP contribution is -2.34. The number of nitrogens with one attached hydrogen (secondary N) is 1. The summed E-state index contributed by atoms with van der Waals surface area (Å²) in [5.74, 6) is -1.14. The van der Waals surface area contributed by atoms with Crippen LogP contribution in [0.15, 0.2) is 24.3 Å². The van der Waals surface area contributed by atoms with Gasteiger partial charge in [-0.2, -0.15) is 0 Å². The van der Waals surface area contributed by atoms with Gasteiger partial charge in [0.1, 0.15) is 6.54 Å². The van der Waals surface area contributed by atoms with Crippen LogP contribution >= 0.6 is 23.2 Å². The molecule has 0 atom stereocenters. The molecule has 0 unspecified atom stereocenters. The molecule has 0 aliphatic heterocycles. The number of hydrogen-bond donors (Lipinski definition) is 4. The van der Waals surface area contributed by atoms with Gasteiger partial charge < -0.3 is 26.2 Å². The highest BCUT2D eigenvalue weighted by molar-refractivity contribution is 6.18. The molecule has 5 N–H and O–H groups in total. The maximum atomic E-state index is 10.4. The van der Waals surface area contributed by atoms with Crippen LogP contribution in [0.2, 0.25) is 0 Å². The van der Waals surface area contributed by atoms with Crippen LogP contribution in [0.5, 0.6) is 0 Å². The molecule has 28 heavy (non-hydrogen) atoms. The second kappa shape index (κ2) is 16.0. The van der Waals surface area contributed by atoms with Gasteiger partial charge in [-0.05, 0) is 30.5 Å². The summed E-state index contributed by atoms with van der Waals surface area (Å²) < 4.78 is 0. The van der Waals surface area contributed by atoms with Crippen LogP contribution in [0.25, 0.3) is 0 Å². The van der Waals surface area contributed by atoms with E-state index in [1.807, 2.05) is 24.3 Å². The molecule has 8 nitrogen and oxygen atoms in total. The van der Waals surface area contributed by atoms with Crippen molar-refractivity contribution in [2.45, 2.75) is 19.3 Å². The number of nitrogens with two attached hydrogens (primary N) is 1. The summed E-state index contributed by atoms with van der Waals surface area (Å²) >= 11 is 11.5. The molecule has 0 fully saturated rings. The number of carboxylic acid groups (broad SMARTS) is 2. The van der Waals surface area contributed by atoms with Crippen LogP contribution in [-0.2, 0) is 20.8 Å². The predicted octanol–water partition coefficient (Wildman–Crippen LogP) is 1.52. The molecule has 0 saturated heterocycles. The number of benzene rings is 1. The van der Waals surface area contributed by atoms with E-state index in [-0.39, 0.29) is 19.5 Å². The molecule has 0 spiro atoms. The standard InChI is InChI=1S/C14H19Cl2NO2.C4H8N2O3/c15-8-10-17(11-9-16)13-6-4-12(5-7-13)2-1-3-14(18)19;5-1-3(7)6-2-4(8)9/h4-7H,1-3,8-11H2,(H,18,19);1-2,5H2,(H,6,7)(H,8,9). The fraction of sp³-hybridized carbons (Fsp3) is 0.500. The van der Waals surface area contributed by atoms with Gasteiger partial charge in [0.15, 0.2) is 0 Å². The number of hydrogen-bond acceptors (Lipinski definition) is 5. The Morgan fingerprint density at radius 2 is 1.57 bits per heavy atom. The molecule has 1 aromatic rings. The molecule has 0 bridgehead atoms. The van der Waals surface area contributed by atoms with Gasteiger partial charge >= 0.3 is 11.9 Å². The molecule has 1 aromatic carbocycles. The van der Waals surface area contributed by atoms with Gasteiger partial charge in [-0.1, -0.05) is 12.1 Å². The van der Waals surface area contributed by atoms with E-state index in [1.54, 1.807) is 0 Å². The van der Waals surface area contributed by atoms with E-state index in [0.717, 1.165) is 30.8 Å². The van der Waals surface area contributed by atoms with E-state index in [4.69, 9.17) is 39.1 Å². The van der Waals surface area contributed by atoms with E-state index < -0.39 is 17.8 Å². The number of rotatable bonds is 12. The quantitative estimate of drug-likeness (QED) is 0.365. The van der Waals surface area contributed by atoms with Crippen molar-refractivity contribution in [3.05, 3.63) is 29.8 Å². The number of carboxylic acids is 2. The van der Waals surface area contributed by atoms with Crippen molar-refractivity contribution in [1.82, 2.24) is 5.32 Å². The summed E-state index contributed by atoms with van der Waals surface area (Å²) in [7, 11) is 0. The first-order chi connectivity index (χ1) is 13.3. The summed E-state index contributed by atoms with van der Waals surface area (Å²) in [6.45, 7) is 1.00. The molecule has 0 aromatic heterocycles. The largest absolute Gasteiger partial charge is 0.481 e. The average Bonchev–Trinajstić information content (AvgIpc) is 2.66. The van der Waals surface area contributed by atoms with E-state index in [0.29, 0.717) is 18.2 Å². The van der Waals surface area contributed by atoms with E-state index in [2.05, 4.69) is 10.2 Å². The summed E-state index contributed by atoms with van der Waals surface area (Å²) in [4.78, 5) is 32.6. The third-order valence-electron chi connectivity index (χ3n) is 3.49. The lowest BCUT2D eigenvalue weighted by molar-refractivity contribution is -0.138. The van der Waals surface area contributed by atoms with Gasteiger partial charge in [0.05, 0.1) is 6.54 Å². The highest BCUT2D eigenvalue weighted by Crippen LogP contribution is 2.16. The van der Waals surface area contributed by atoms with Gasteiger partial charge in [0.25, 0.3) is 0 Å². The third kappa shape index (κ3) is 13.2. The minimum Gasteiger partial charge on any atom is -0.481 e. The Labute approximate surface area is 174 Å². The van der Waals surface area contributed by atoms with Crippen molar-refractivity contribution in [1.29, 1.82) is 0 Å². The zero-order chi connectivity index (χ0) is 21.4. The Bertz CT molecular complexity index is 593. The first-order valence-electron chi connectivity index (χ1n) is 8.70. The van der Waals surface area contributed by atoms with Crippen LogP contribution in [0, 0.1) is 0 Å². The van der Waals surface area contributed by atoms with Crippen molar-refractivity contribution < 1.29 is 24.6 Å². The molecule has 0 radical (unpaired) electrons. The van der Waals surface area contributed by atoms with E-state index >= 15 is 0 Å². The maximum absolute atomic E-state index is 10.4. The number of anilines is 1. The number of aryl methyl sites for hydroxylation is 1. The second-order valence-electron chi connectivity index (χ2n) is 5.65. The average molecular weight is 436 g/mol. The Kier molecular flexibility index (Phi) is 14.8. The number of aliphatic carboxylic acids is 2. The lowest BCUT2D eigenvalue weighted by atomic mass is 10.1. The molecule has 0 aliphatic carbocycles. The fourth-order valence-electron chi connectivity index (χ4n) is 2.14. The molecule has 0 saturated carbocycles. The molecular formula is C18H27Cl2N3O5. The SMILES string of the molecule is NCC(=O)NCC(=O)O.O=C(O)CCCc1ccc(N(CCCl)CCCl)cc1. The highest BCUT2D eigenvalue weighted by atomic mass is 35.5. The summed E-state index contributed by atoms with van der Waals surface area (Å²) in [6.07, 6.45) is 1.67. The first kappa shape index (κ1) is 26.0. The highest BCUT2D eigenvalue weighted by Gasteiger charge is 2.05. The number of amides is 1. The zero-order valence-electron chi connectivity index (χ0n) is 15.6. The zero-order valence-corrected chi connectivity index (χ0v) is 17.1. The van der Waals surface area contributed by atoms with Gasteiger partial charge in [0, 0.05) is 37.0 Å². The monoisotopic (exact) mass is 435 g/mol. The summed E-state index contributed by atoms with van der Waals surface area (Å²) in [6, 6.07) is 8.14. The number of alkyl halides is 2. The first-order valence-corrected chi connectivity index (χ1v) is 9.77. The molecule has 10 heteroatoms. The van der Waals surface area contributed by atoms with Crippen LogP contribution in [0.4, 0.5) is 5.69 Å². The molecule has 0 heterocycles. The van der Waals surface area contributed by atoms with Gasteiger partial charge in [-0.3, -0.25) is 14.4 Å². The van der Waals surface area contributed by atoms with Crippen LogP contribution in [-0.4, -0.2) is 66.0 Å². The molecule has 1 rings (SSSR count). The van der Waals surface area contributed by atoms with E-state index in [1.165, 1.54) is 0 Å². The topological polar surface area (TPSA) is 133 Å². The number of nitrogens with zero attached hydrogens (tertiary/aromatic N) is 1. The Morgan fingerprint density at radius 3 is 2.00 bits per heavy atom. The third-order valence-corrected chi connectivity index (χ3v) is 3.83. The van der Waals surface area contributed by atoms with Gasteiger partial charge in [0.2, 0.25) is 5.91 Å². The van der Waals surface area contributed by atoms with Gasteiger partial charge in [-0.25, -0.2) is 0 Å². The van der Waals surface area contributed by atoms with Crippen molar-refractivity contribution in [2.24, 2.45) is 5.73 Å². The molecule has 0 aliphatic rings. The molecule has 158 valence electrons. The van der Waals surface area contributed by atoms with Crippen LogP contribution in [0.1, 0.15) is 18.4 Å². The van der Waals surface area contributed by atoms with Crippen molar-refractivity contribution in [3.8, 4) is 0 Å². The predicted molar refractivity (Wildman–Crippen MR) is 110 cm³/mol. The Balaban J connectivity index is 0.000000684.